The van der Waals surface area contributed by atoms with Crippen LogP contribution in [0.1, 0.15) is 18.9 Å². The van der Waals surface area contributed by atoms with Crippen LogP contribution >= 0.6 is 11.6 Å². The molecule has 5 heteroatoms. The molecular formula is C15H16ClFN2O. The quantitative estimate of drug-likeness (QED) is 0.913. The first kappa shape index (κ1) is 14.6. The van der Waals surface area contributed by atoms with E-state index < -0.39 is 0 Å². The van der Waals surface area contributed by atoms with Crippen LogP contribution in [0.25, 0.3) is 0 Å². The van der Waals surface area contributed by atoms with Gasteiger partial charge in [-0.3, -0.25) is 4.79 Å². The molecule has 0 fully saturated rings. The summed E-state index contributed by atoms with van der Waals surface area (Å²) < 4.78 is 15.3. The highest BCUT2D eigenvalue weighted by atomic mass is 35.5. The van der Waals surface area contributed by atoms with Gasteiger partial charge in [0.05, 0.1) is 5.69 Å². The molecule has 0 saturated heterocycles. The van der Waals surface area contributed by atoms with Gasteiger partial charge in [0.2, 0.25) is 0 Å². The van der Waals surface area contributed by atoms with Crippen LogP contribution in [0.4, 0.5) is 10.1 Å². The van der Waals surface area contributed by atoms with Crippen molar-refractivity contribution in [3.63, 3.8) is 0 Å². The smallest absolute Gasteiger partial charge is 0.250 e. The van der Waals surface area contributed by atoms with Crippen molar-refractivity contribution in [1.29, 1.82) is 0 Å². The molecule has 20 heavy (non-hydrogen) atoms. The fraction of sp³-hybridized carbons (Fsp3) is 0.267. The minimum absolute atomic E-state index is 0.0404. The number of rotatable bonds is 5. The maximum absolute atomic E-state index is 13.6. The predicted molar refractivity (Wildman–Crippen MR) is 79.7 cm³/mol. The van der Waals surface area contributed by atoms with Crippen LogP contribution in [-0.4, -0.2) is 4.57 Å². The number of nitrogens with one attached hydrogen (secondary N) is 1. The summed E-state index contributed by atoms with van der Waals surface area (Å²) in [5, 5.41) is 3.47. The van der Waals surface area contributed by atoms with Gasteiger partial charge in [0.15, 0.2) is 0 Å². The van der Waals surface area contributed by atoms with Gasteiger partial charge in [-0.25, -0.2) is 4.39 Å². The van der Waals surface area contributed by atoms with E-state index in [1.165, 1.54) is 12.1 Å². The largest absolute Gasteiger partial charge is 0.380 e. The highest BCUT2D eigenvalue weighted by Crippen LogP contribution is 2.20. The van der Waals surface area contributed by atoms with Crippen LogP contribution in [0.15, 0.2) is 41.3 Å². The number of nitrogens with zero attached hydrogens (tertiary/aromatic N) is 1. The third kappa shape index (κ3) is 3.39. The summed E-state index contributed by atoms with van der Waals surface area (Å²) in [7, 11) is 0. The second-order valence-corrected chi connectivity index (χ2v) is 4.91. The normalized spacial score (nSPS) is 10.6. The van der Waals surface area contributed by atoms with Crippen LogP contribution in [0.3, 0.4) is 0 Å². The summed E-state index contributed by atoms with van der Waals surface area (Å²) in [6, 6.07) is 7.79. The Morgan fingerprint density at radius 3 is 2.80 bits per heavy atom. The van der Waals surface area contributed by atoms with Crippen LogP contribution in [0.2, 0.25) is 5.02 Å². The minimum atomic E-state index is -0.341. The van der Waals surface area contributed by atoms with Gasteiger partial charge in [-0.15, -0.1) is 0 Å². The van der Waals surface area contributed by atoms with Gasteiger partial charge in [0.25, 0.3) is 5.56 Å². The average Bonchev–Trinajstić information content (AvgIpc) is 2.42. The van der Waals surface area contributed by atoms with Crippen molar-refractivity contribution in [1.82, 2.24) is 4.57 Å². The molecule has 1 heterocycles. The number of benzene rings is 1. The highest BCUT2D eigenvalue weighted by molar-refractivity contribution is 6.31. The van der Waals surface area contributed by atoms with Crippen molar-refractivity contribution in [2.45, 2.75) is 26.4 Å². The molecule has 2 rings (SSSR count). The zero-order chi connectivity index (χ0) is 14.5. The molecule has 0 aliphatic rings. The average molecular weight is 295 g/mol. The molecule has 106 valence electrons. The standard InChI is InChI=1S/C15H16ClFN2O/c1-2-8-19-10-11(6-7-15(19)20)18-9-12-13(16)4-3-5-14(12)17/h3-7,10,18H,2,8-9H2,1H3. The zero-order valence-electron chi connectivity index (χ0n) is 11.2. The van der Waals surface area contributed by atoms with Crippen molar-refractivity contribution in [3.05, 3.63) is 63.3 Å². The van der Waals surface area contributed by atoms with Crippen LogP contribution < -0.4 is 10.9 Å². The van der Waals surface area contributed by atoms with Gasteiger partial charge in [0, 0.05) is 35.9 Å². The van der Waals surface area contributed by atoms with E-state index in [0.29, 0.717) is 17.1 Å². The topological polar surface area (TPSA) is 34.0 Å². The molecule has 0 aliphatic heterocycles. The number of aromatic nitrogens is 1. The SMILES string of the molecule is CCCn1cc(NCc2c(F)cccc2Cl)ccc1=O. The lowest BCUT2D eigenvalue weighted by Gasteiger charge is -2.11. The lowest BCUT2D eigenvalue weighted by atomic mass is 10.2. The molecule has 0 aliphatic carbocycles. The van der Waals surface area contributed by atoms with Crippen molar-refractivity contribution >= 4 is 17.3 Å². The minimum Gasteiger partial charge on any atom is -0.380 e. The number of hydrogen-bond donors (Lipinski definition) is 1. The molecule has 3 nitrogen and oxygen atoms in total. The number of halogens is 2. The zero-order valence-corrected chi connectivity index (χ0v) is 12.0. The fourth-order valence-electron chi connectivity index (χ4n) is 1.94. The van der Waals surface area contributed by atoms with Gasteiger partial charge < -0.3 is 9.88 Å². The van der Waals surface area contributed by atoms with Crippen molar-refractivity contribution in [2.75, 3.05) is 5.32 Å². The van der Waals surface area contributed by atoms with E-state index >= 15 is 0 Å². The van der Waals surface area contributed by atoms with Crippen LogP contribution in [0.5, 0.6) is 0 Å². The molecule has 0 unspecified atom stereocenters. The fourth-order valence-corrected chi connectivity index (χ4v) is 2.17. The van der Waals surface area contributed by atoms with Crippen molar-refractivity contribution in [2.24, 2.45) is 0 Å². The molecular weight excluding hydrogens is 279 g/mol. The lowest BCUT2D eigenvalue weighted by Crippen LogP contribution is -2.18. The molecule has 1 N–H and O–H groups in total. The summed E-state index contributed by atoms with van der Waals surface area (Å²) in [6.45, 7) is 2.94. The van der Waals surface area contributed by atoms with E-state index in [1.54, 1.807) is 29.0 Å². The second kappa shape index (κ2) is 6.57. The van der Waals surface area contributed by atoms with Crippen molar-refractivity contribution in [3.8, 4) is 0 Å². The van der Waals surface area contributed by atoms with Gasteiger partial charge in [-0.1, -0.05) is 24.6 Å². The molecule has 0 spiro atoms. The Hall–Kier alpha value is -1.81. The number of anilines is 1. The molecule has 0 amide bonds. The molecule has 2 aromatic rings. The van der Waals surface area contributed by atoms with Gasteiger partial charge >= 0.3 is 0 Å². The van der Waals surface area contributed by atoms with E-state index in [4.69, 9.17) is 11.6 Å². The highest BCUT2D eigenvalue weighted by Gasteiger charge is 2.06. The van der Waals surface area contributed by atoms with Gasteiger partial charge in [-0.05, 0) is 24.6 Å². The second-order valence-electron chi connectivity index (χ2n) is 4.50. The molecule has 1 aromatic heterocycles. The number of hydrogen-bond acceptors (Lipinski definition) is 2. The maximum Gasteiger partial charge on any atom is 0.250 e. The van der Waals surface area contributed by atoms with Gasteiger partial charge in [-0.2, -0.15) is 0 Å². The first-order chi connectivity index (χ1) is 9.61. The van der Waals surface area contributed by atoms with E-state index in [0.717, 1.165) is 12.1 Å². The van der Waals surface area contributed by atoms with E-state index in [1.807, 2.05) is 6.92 Å². The predicted octanol–water partition coefficient (Wildman–Crippen LogP) is 3.66. The number of aryl methyl sites for hydroxylation is 1. The van der Waals surface area contributed by atoms with E-state index in [2.05, 4.69) is 5.32 Å². The first-order valence-corrected chi connectivity index (χ1v) is 6.87. The Morgan fingerprint density at radius 1 is 1.30 bits per heavy atom. The summed E-state index contributed by atoms with van der Waals surface area (Å²) in [6.07, 6.45) is 2.61. The lowest BCUT2D eigenvalue weighted by molar-refractivity contribution is 0.613. The van der Waals surface area contributed by atoms with Crippen molar-refractivity contribution < 1.29 is 4.39 Å². The summed E-state index contributed by atoms with van der Waals surface area (Å²) in [5.74, 6) is -0.341. The maximum atomic E-state index is 13.6. The Labute approximate surface area is 122 Å². The number of pyridine rings is 1. The Bertz CT molecular complexity index is 634. The summed E-state index contributed by atoms with van der Waals surface area (Å²) in [4.78, 5) is 11.6. The summed E-state index contributed by atoms with van der Waals surface area (Å²) >= 11 is 5.97. The molecule has 0 saturated carbocycles. The third-order valence-corrected chi connectivity index (χ3v) is 3.33. The van der Waals surface area contributed by atoms with E-state index in [-0.39, 0.29) is 17.9 Å². The monoisotopic (exact) mass is 294 g/mol. The molecule has 1 aromatic carbocycles. The Kier molecular flexibility index (Phi) is 4.79. The molecule has 0 radical (unpaired) electrons. The van der Waals surface area contributed by atoms with E-state index in [9.17, 15) is 9.18 Å². The van der Waals surface area contributed by atoms with Gasteiger partial charge in [0.1, 0.15) is 5.82 Å². The van der Waals surface area contributed by atoms with Crippen LogP contribution in [0, 0.1) is 5.82 Å². The molecule has 0 bridgehead atoms. The summed E-state index contributed by atoms with van der Waals surface area (Å²) in [5.41, 5.74) is 1.14. The molecule has 0 atom stereocenters. The first-order valence-electron chi connectivity index (χ1n) is 6.49. The Balaban J connectivity index is 2.15. The Morgan fingerprint density at radius 2 is 2.10 bits per heavy atom. The third-order valence-electron chi connectivity index (χ3n) is 2.98. The van der Waals surface area contributed by atoms with Crippen LogP contribution in [-0.2, 0) is 13.1 Å².